The number of methoxy groups -OCH3 is 1. The summed E-state index contributed by atoms with van der Waals surface area (Å²) < 4.78 is 38.2. The van der Waals surface area contributed by atoms with E-state index in [0.29, 0.717) is 30.2 Å². The van der Waals surface area contributed by atoms with Crippen molar-refractivity contribution in [3.05, 3.63) is 53.1 Å². The smallest absolute Gasteiger partial charge is 0.261 e. The van der Waals surface area contributed by atoms with Gasteiger partial charge in [0.25, 0.3) is 15.9 Å². The highest BCUT2D eigenvalue weighted by molar-refractivity contribution is 7.92. The predicted molar refractivity (Wildman–Crippen MR) is 108 cm³/mol. The molecule has 0 aliphatic heterocycles. The number of aryl methyl sites for hydroxylation is 3. The zero-order valence-corrected chi connectivity index (χ0v) is 17.4. The van der Waals surface area contributed by atoms with Gasteiger partial charge in [0.05, 0.1) is 11.5 Å². The van der Waals surface area contributed by atoms with Crippen LogP contribution in [0.2, 0.25) is 0 Å². The molecule has 2 N–H and O–H groups in total. The lowest BCUT2D eigenvalue weighted by Crippen LogP contribution is -2.31. The predicted octanol–water partition coefficient (Wildman–Crippen LogP) is 2.55. The molecule has 0 unspecified atom stereocenters. The quantitative estimate of drug-likeness (QED) is 0.624. The number of hydrogen-bond acceptors (Lipinski definition) is 5. The molecule has 7 nitrogen and oxygen atoms in total. The SMILES string of the molecule is COCCNC(=O)COc1ccc(S(=O)(=O)Nc2ccc(C)c(C)c2)cc1C. The fraction of sp³-hybridized carbons (Fsp3) is 0.350. The van der Waals surface area contributed by atoms with Gasteiger partial charge in [0.1, 0.15) is 5.75 Å². The monoisotopic (exact) mass is 406 g/mol. The van der Waals surface area contributed by atoms with Gasteiger partial charge in [-0.25, -0.2) is 8.42 Å². The van der Waals surface area contributed by atoms with Crippen LogP contribution >= 0.6 is 0 Å². The highest BCUT2D eigenvalue weighted by atomic mass is 32.2. The van der Waals surface area contributed by atoms with Gasteiger partial charge in [-0.1, -0.05) is 6.07 Å². The summed E-state index contributed by atoms with van der Waals surface area (Å²) in [7, 11) is -2.18. The van der Waals surface area contributed by atoms with Crippen LogP contribution < -0.4 is 14.8 Å². The molecular weight excluding hydrogens is 380 g/mol. The van der Waals surface area contributed by atoms with E-state index in [2.05, 4.69) is 10.0 Å². The van der Waals surface area contributed by atoms with Gasteiger partial charge >= 0.3 is 0 Å². The van der Waals surface area contributed by atoms with Crippen LogP contribution in [0.1, 0.15) is 16.7 Å². The van der Waals surface area contributed by atoms with Crippen LogP contribution in [0.25, 0.3) is 0 Å². The molecule has 0 bridgehead atoms. The van der Waals surface area contributed by atoms with Crippen LogP contribution in [-0.2, 0) is 19.6 Å². The Kier molecular flexibility index (Phi) is 7.42. The van der Waals surface area contributed by atoms with E-state index in [-0.39, 0.29) is 17.4 Å². The van der Waals surface area contributed by atoms with Crippen LogP contribution in [0, 0.1) is 20.8 Å². The van der Waals surface area contributed by atoms with Crippen molar-refractivity contribution >= 4 is 21.6 Å². The molecule has 0 radical (unpaired) electrons. The molecule has 2 aromatic carbocycles. The molecule has 0 aliphatic rings. The van der Waals surface area contributed by atoms with E-state index in [1.807, 2.05) is 19.9 Å². The summed E-state index contributed by atoms with van der Waals surface area (Å²) in [5, 5.41) is 2.65. The molecule has 8 heteroatoms. The van der Waals surface area contributed by atoms with Gasteiger partial charge in [0.2, 0.25) is 0 Å². The Labute approximate surface area is 166 Å². The first kappa shape index (κ1) is 21.7. The normalized spacial score (nSPS) is 11.1. The minimum Gasteiger partial charge on any atom is -0.484 e. The number of anilines is 1. The Morgan fingerprint density at radius 2 is 1.75 bits per heavy atom. The number of hydrogen-bond donors (Lipinski definition) is 2. The molecule has 0 saturated heterocycles. The first-order valence-electron chi connectivity index (χ1n) is 8.82. The van der Waals surface area contributed by atoms with Crippen LogP contribution in [0.4, 0.5) is 5.69 Å². The van der Waals surface area contributed by atoms with Gasteiger partial charge in [0, 0.05) is 19.3 Å². The molecule has 152 valence electrons. The molecule has 0 fully saturated rings. The van der Waals surface area contributed by atoms with Crippen molar-refractivity contribution in [3.63, 3.8) is 0 Å². The van der Waals surface area contributed by atoms with Gasteiger partial charge < -0.3 is 14.8 Å². The molecule has 0 aliphatic carbocycles. The average molecular weight is 407 g/mol. The molecule has 0 atom stereocenters. The lowest BCUT2D eigenvalue weighted by atomic mass is 10.1. The van der Waals surface area contributed by atoms with E-state index in [4.69, 9.17) is 9.47 Å². The second kappa shape index (κ2) is 9.57. The molecule has 28 heavy (non-hydrogen) atoms. The summed E-state index contributed by atoms with van der Waals surface area (Å²) in [6.45, 7) is 6.29. The van der Waals surface area contributed by atoms with Crippen molar-refractivity contribution in [3.8, 4) is 5.75 Å². The van der Waals surface area contributed by atoms with E-state index < -0.39 is 10.0 Å². The Morgan fingerprint density at radius 3 is 2.39 bits per heavy atom. The number of benzene rings is 2. The molecule has 1 amide bonds. The average Bonchev–Trinajstić information content (AvgIpc) is 2.63. The fourth-order valence-corrected chi connectivity index (χ4v) is 3.59. The number of rotatable bonds is 9. The number of sulfonamides is 1. The maximum atomic E-state index is 12.6. The molecule has 0 heterocycles. The Morgan fingerprint density at radius 1 is 1.00 bits per heavy atom. The molecule has 0 saturated carbocycles. The van der Waals surface area contributed by atoms with Crippen LogP contribution in [0.15, 0.2) is 41.3 Å². The summed E-state index contributed by atoms with van der Waals surface area (Å²) >= 11 is 0. The highest BCUT2D eigenvalue weighted by Gasteiger charge is 2.16. The summed E-state index contributed by atoms with van der Waals surface area (Å²) in [4.78, 5) is 11.8. The largest absolute Gasteiger partial charge is 0.484 e. The van der Waals surface area contributed by atoms with E-state index in [1.54, 1.807) is 32.2 Å². The summed E-state index contributed by atoms with van der Waals surface area (Å²) in [5.74, 6) is 0.177. The Hall–Kier alpha value is -2.58. The molecular formula is C20H26N2O5S. The topological polar surface area (TPSA) is 93.7 Å². The first-order valence-corrected chi connectivity index (χ1v) is 10.3. The van der Waals surface area contributed by atoms with Crippen molar-refractivity contribution < 1.29 is 22.7 Å². The number of ether oxygens (including phenoxy) is 2. The zero-order chi connectivity index (χ0) is 20.7. The maximum Gasteiger partial charge on any atom is 0.261 e. The van der Waals surface area contributed by atoms with Crippen molar-refractivity contribution in [2.45, 2.75) is 25.7 Å². The van der Waals surface area contributed by atoms with Crippen LogP contribution in [0.3, 0.4) is 0 Å². The van der Waals surface area contributed by atoms with Gasteiger partial charge in [-0.2, -0.15) is 0 Å². The van der Waals surface area contributed by atoms with Crippen LogP contribution in [-0.4, -0.2) is 41.2 Å². The van der Waals surface area contributed by atoms with Crippen molar-refractivity contribution in [2.24, 2.45) is 0 Å². The second-order valence-corrected chi connectivity index (χ2v) is 8.15. The minimum absolute atomic E-state index is 0.125. The standard InChI is InChI=1S/C20H26N2O5S/c1-14-5-6-17(11-15(14)2)22-28(24,25)18-7-8-19(16(3)12-18)27-13-20(23)21-9-10-26-4/h5-8,11-12,22H,9-10,13H2,1-4H3,(H,21,23). The molecule has 0 spiro atoms. The lowest BCUT2D eigenvalue weighted by molar-refractivity contribution is -0.123. The number of nitrogens with one attached hydrogen (secondary N) is 2. The van der Waals surface area contributed by atoms with Gasteiger partial charge in [-0.3, -0.25) is 9.52 Å². The van der Waals surface area contributed by atoms with E-state index in [0.717, 1.165) is 11.1 Å². The second-order valence-electron chi connectivity index (χ2n) is 6.46. The van der Waals surface area contributed by atoms with E-state index in [1.165, 1.54) is 12.1 Å². The number of carbonyl (C=O) groups is 1. The number of carbonyl (C=O) groups excluding carboxylic acids is 1. The lowest BCUT2D eigenvalue weighted by Gasteiger charge is -2.13. The zero-order valence-electron chi connectivity index (χ0n) is 16.5. The van der Waals surface area contributed by atoms with Crippen molar-refractivity contribution in [2.75, 3.05) is 31.6 Å². The molecule has 2 aromatic rings. The molecule has 0 aromatic heterocycles. The summed E-state index contributed by atoms with van der Waals surface area (Å²) in [6.07, 6.45) is 0. The van der Waals surface area contributed by atoms with Crippen molar-refractivity contribution in [1.29, 1.82) is 0 Å². The van der Waals surface area contributed by atoms with E-state index >= 15 is 0 Å². The third kappa shape index (κ3) is 5.97. The maximum absolute atomic E-state index is 12.6. The van der Waals surface area contributed by atoms with Crippen molar-refractivity contribution in [1.82, 2.24) is 5.32 Å². The Balaban J connectivity index is 2.05. The Bertz CT molecular complexity index is 942. The summed E-state index contributed by atoms with van der Waals surface area (Å²) in [5.41, 5.74) is 3.22. The molecule has 2 rings (SSSR count). The third-order valence-corrected chi connectivity index (χ3v) is 5.58. The first-order chi connectivity index (χ1) is 13.2. The fourth-order valence-electron chi connectivity index (χ4n) is 2.46. The number of amides is 1. The third-order valence-electron chi connectivity index (χ3n) is 4.20. The minimum atomic E-state index is -3.73. The van der Waals surface area contributed by atoms with Gasteiger partial charge in [0.15, 0.2) is 6.61 Å². The summed E-state index contributed by atoms with van der Waals surface area (Å²) in [6, 6.07) is 9.90. The van der Waals surface area contributed by atoms with Gasteiger partial charge in [-0.15, -0.1) is 0 Å². The van der Waals surface area contributed by atoms with Crippen LogP contribution in [0.5, 0.6) is 5.75 Å². The van der Waals surface area contributed by atoms with E-state index in [9.17, 15) is 13.2 Å². The van der Waals surface area contributed by atoms with Gasteiger partial charge in [-0.05, 0) is 67.8 Å². The highest BCUT2D eigenvalue weighted by Crippen LogP contribution is 2.24.